The normalized spacial score (nSPS) is 21.9. The van der Waals surface area contributed by atoms with Gasteiger partial charge in [0.2, 0.25) is 0 Å². The van der Waals surface area contributed by atoms with E-state index in [9.17, 15) is 0 Å². The molecular weight excluding hydrogens is 274 g/mol. The Morgan fingerprint density at radius 2 is 2.30 bits per heavy atom. The Hall–Kier alpha value is -0.580. The van der Waals surface area contributed by atoms with E-state index in [0.717, 1.165) is 30.2 Å². The topological polar surface area (TPSA) is 39.1 Å². The monoisotopic (exact) mass is 299 g/mol. The minimum absolute atomic E-state index is 0.289. The molecule has 4 nitrogen and oxygen atoms in total. The summed E-state index contributed by atoms with van der Waals surface area (Å²) in [6, 6.07) is 0.289. The number of nitrogens with one attached hydrogen (secondary N) is 1. The largest absolute Gasteiger partial charge is 0.383 e. The van der Waals surface area contributed by atoms with Gasteiger partial charge >= 0.3 is 0 Å². The first kappa shape index (κ1) is 15.8. The van der Waals surface area contributed by atoms with Crippen molar-refractivity contribution >= 4 is 11.6 Å². The van der Waals surface area contributed by atoms with Crippen LogP contribution in [0.25, 0.3) is 0 Å². The lowest BCUT2D eigenvalue weighted by molar-refractivity contribution is 0.181. The fraction of sp³-hybridized carbons (Fsp3) is 0.800. The molecule has 1 aromatic rings. The molecule has 1 heterocycles. The van der Waals surface area contributed by atoms with E-state index in [-0.39, 0.29) is 6.04 Å². The molecule has 2 rings (SSSR count). The molecule has 1 aliphatic rings. The zero-order chi connectivity index (χ0) is 14.8. The van der Waals surface area contributed by atoms with Crippen LogP contribution in [0.3, 0.4) is 0 Å². The van der Waals surface area contributed by atoms with Crippen molar-refractivity contribution in [3.8, 4) is 0 Å². The molecule has 0 aromatic carbocycles. The number of methoxy groups -OCH3 is 1. The van der Waals surface area contributed by atoms with Crippen molar-refractivity contribution in [1.82, 2.24) is 15.1 Å². The van der Waals surface area contributed by atoms with Crippen LogP contribution in [0.15, 0.2) is 6.20 Å². The summed E-state index contributed by atoms with van der Waals surface area (Å²) in [6.07, 6.45) is 4.11. The van der Waals surface area contributed by atoms with Crippen LogP contribution in [0.4, 0.5) is 0 Å². The van der Waals surface area contributed by atoms with Gasteiger partial charge in [0.1, 0.15) is 0 Å². The number of halogens is 1. The van der Waals surface area contributed by atoms with Crippen molar-refractivity contribution in [3.63, 3.8) is 0 Å². The van der Waals surface area contributed by atoms with E-state index in [0.29, 0.717) is 17.9 Å². The molecule has 2 atom stereocenters. The summed E-state index contributed by atoms with van der Waals surface area (Å²) in [7, 11) is 1.71. The van der Waals surface area contributed by atoms with Crippen molar-refractivity contribution in [2.45, 2.75) is 46.2 Å². The highest BCUT2D eigenvalue weighted by Crippen LogP contribution is 2.58. The Morgan fingerprint density at radius 3 is 2.85 bits per heavy atom. The molecule has 1 aliphatic carbocycles. The third-order valence-corrected chi connectivity index (χ3v) is 4.53. The molecule has 0 amide bonds. The Labute approximate surface area is 126 Å². The second-order valence-electron chi connectivity index (χ2n) is 6.32. The van der Waals surface area contributed by atoms with Crippen LogP contribution in [-0.2, 0) is 11.3 Å². The molecule has 114 valence electrons. The van der Waals surface area contributed by atoms with Crippen molar-refractivity contribution in [3.05, 3.63) is 16.9 Å². The fourth-order valence-corrected chi connectivity index (χ4v) is 3.10. The lowest BCUT2D eigenvalue weighted by atomic mass is 10.0. The van der Waals surface area contributed by atoms with Crippen molar-refractivity contribution in [2.75, 3.05) is 20.3 Å². The van der Waals surface area contributed by atoms with E-state index in [1.54, 1.807) is 13.3 Å². The van der Waals surface area contributed by atoms with Crippen LogP contribution < -0.4 is 5.32 Å². The van der Waals surface area contributed by atoms with Crippen LogP contribution >= 0.6 is 11.6 Å². The van der Waals surface area contributed by atoms with Crippen LogP contribution in [0.2, 0.25) is 5.02 Å². The maximum atomic E-state index is 6.40. The lowest BCUT2D eigenvalue weighted by Crippen LogP contribution is -2.28. The summed E-state index contributed by atoms with van der Waals surface area (Å²) < 4.78 is 7.16. The molecule has 0 spiro atoms. The van der Waals surface area contributed by atoms with Crippen LogP contribution in [0.5, 0.6) is 0 Å². The first-order valence-corrected chi connectivity index (χ1v) is 7.82. The van der Waals surface area contributed by atoms with Crippen molar-refractivity contribution in [2.24, 2.45) is 11.3 Å². The molecule has 0 bridgehead atoms. The Morgan fingerprint density at radius 1 is 1.60 bits per heavy atom. The van der Waals surface area contributed by atoms with Gasteiger partial charge in [-0.15, -0.1) is 0 Å². The number of ether oxygens (including phenoxy) is 1. The molecule has 1 N–H and O–H groups in total. The minimum atomic E-state index is 0.289. The molecule has 20 heavy (non-hydrogen) atoms. The second-order valence-corrected chi connectivity index (χ2v) is 6.73. The second kappa shape index (κ2) is 6.46. The van der Waals surface area contributed by atoms with E-state index < -0.39 is 0 Å². The maximum Gasteiger partial charge on any atom is 0.0834 e. The summed E-state index contributed by atoms with van der Waals surface area (Å²) in [4.78, 5) is 0. The summed E-state index contributed by atoms with van der Waals surface area (Å²) in [6.45, 7) is 9.23. The summed E-state index contributed by atoms with van der Waals surface area (Å²) in [5.74, 6) is 0.629. The Bertz CT molecular complexity index is 444. The average molecular weight is 300 g/mol. The highest BCUT2D eigenvalue weighted by Gasteiger charge is 2.51. The number of hydrogen-bond acceptors (Lipinski definition) is 3. The van der Waals surface area contributed by atoms with E-state index >= 15 is 0 Å². The van der Waals surface area contributed by atoms with Crippen LogP contribution in [-0.4, -0.2) is 30.0 Å². The van der Waals surface area contributed by atoms with Gasteiger partial charge in [-0.05, 0) is 30.7 Å². The standard InChI is InChI=1S/C15H26ClN3O/c1-5-6-17-13(11-9-15(11,2)3)14-12(16)10-18-19(14)7-8-20-4/h10-11,13,17H,5-9H2,1-4H3. The molecule has 1 saturated carbocycles. The summed E-state index contributed by atoms with van der Waals surface area (Å²) >= 11 is 6.40. The lowest BCUT2D eigenvalue weighted by Gasteiger charge is -2.22. The Balaban J connectivity index is 2.21. The van der Waals surface area contributed by atoms with E-state index in [1.807, 2.05) is 4.68 Å². The average Bonchev–Trinajstić information content (AvgIpc) is 2.88. The van der Waals surface area contributed by atoms with Gasteiger partial charge < -0.3 is 10.1 Å². The molecule has 1 fully saturated rings. The molecule has 1 aromatic heterocycles. The fourth-order valence-electron chi connectivity index (χ4n) is 2.84. The molecule has 5 heteroatoms. The van der Waals surface area contributed by atoms with Gasteiger partial charge in [0, 0.05) is 7.11 Å². The minimum Gasteiger partial charge on any atom is -0.383 e. The number of rotatable bonds is 8. The predicted molar refractivity (Wildman–Crippen MR) is 82.0 cm³/mol. The molecule has 0 saturated heterocycles. The first-order valence-electron chi connectivity index (χ1n) is 7.44. The third kappa shape index (κ3) is 3.35. The number of nitrogens with zero attached hydrogens (tertiary/aromatic N) is 2. The molecule has 0 radical (unpaired) electrons. The summed E-state index contributed by atoms with van der Waals surface area (Å²) in [5, 5.41) is 8.83. The van der Waals surface area contributed by atoms with E-state index in [1.165, 1.54) is 6.42 Å². The summed E-state index contributed by atoms with van der Waals surface area (Å²) in [5.41, 5.74) is 1.51. The van der Waals surface area contributed by atoms with Crippen molar-refractivity contribution in [1.29, 1.82) is 0 Å². The molecular formula is C15H26ClN3O. The van der Waals surface area contributed by atoms with Crippen LogP contribution in [0.1, 0.15) is 45.3 Å². The SMILES string of the molecule is CCCNC(c1c(Cl)cnn1CCOC)C1CC1(C)C. The van der Waals surface area contributed by atoms with E-state index in [4.69, 9.17) is 16.3 Å². The molecule has 0 aliphatic heterocycles. The van der Waals surface area contributed by atoms with Crippen LogP contribution in [0, 0.1) is 11.3 Å². The third-order valence-electron chi connectivity index (χ3n) is 4.24. The number of aromatic nitrogens is 2. The maximum absolute atomic E-state index is 6.40. The Kier molecular flexibility index (Phi) is 5.10. The van der Waals surface area contributed by atoms with Gasteiger partial charge in [0.15, 0.2) is 0 Å². The first-order chi connectivity index (χ1) is 9.51. The highest BCUT2D eigenvalue weighted by atomic mass is 35.5. The van der Waals surface area contributed by atoms with Gasteiger partial charge in [-0.3, -0.25) is 4.68 Å². The predicted octanol–water partition coefficient (Wildman–Crippen LogP) is 3.27. The molecule has 2 unspecified atom stereocenters. The quantitative estimate of drug-likeness (QED) is 0.801. The van der Waals surface area contributed by atoms with E-state index in [2.05, 4.69) is 31.2 Å². The van der Waals surface area contributed by atoms with Gasteiger partial charge in [-0.2, -0.15) is 5.10 Å². The highest BCUT2D eigenvalue weighted by molar-refractivity contribution is 6.31. The smallest absolute Gasteiger partial charge is 0.0834 e. The van der Waals surface area contributed by atoms with Gasteiger partial charge in [0.25, 0.3) is 0 Å². The zero-order valence-electron chi connectivity index (χ0n) is 12.9. The van der Waals surface area contributed by atoms with Gasteiger partial charge in [-0.1, -0.05) is 32.4 Å². The van der Waals surface area contributed by atoms with Gasteiger partial charge in [0.05, 0.1) is 36.1 Å². The van der Waals surface area contributed by atoms with Crippen molar-refractivity contribution < 1.29 is 4.74 Å². The zero-order valence-corrected chi connectivity index (χ0v) is 13.7. The van der Waals surface area contributed by atoms with Gasteiger partial charge in [-0.25, -0.2) is 0 Å². The number of hydrogen-bond donors (Lipinski definition) is 1.